The van der Waals surface area contributed by atoms with Gasteiger partial charge < -0.3 is 5.11 Å². The third kappa shape index (κ3) is 4.62. The monoisotopic (exact) mass is 328 g/mol. The Morgan fingerprint density at radius 2 is 2.14 bits per heavy atom. The highest BCUT2D eigenvalue weighted by Crippen LogP contribution is 2.33. The number of hydrogen-bond donors (Lipinski definition) is 1. The summed E-state index contributed by atoms with van der Waals surface area (Å²) < 4.78 is 38.8. The summed E-state index contributed by atoms with van der Waals surface area (Å²) in [6.07, 6.45) is 2.39. The summed E-state index contributed by atoms with van der Waals surface area (Å²) >= 11 is 1.27. The molecule has 0 bridgehead atoms. The van der Waals surface area contributed by atoms with Gasteiger partial charge in [0.1, 0.15) is 5.76 Å². The fourth-order valence-electron chi connectivity index (χ4n) is 1.99. The van der Waals surface area contributed by atoms with Crippen molar-refractivity contribution < 1.29 is 18.3 Å². The molecule has 2 heterocycles. The van der Waals surface area contributed by atoms with E-state index in [0.29, 0.717) is 18.5 Å². The molecule has 1 N–H and O–H groups in total. The molecule has 0 saturated carbocycles. The van der Waals surface area contributed by atoms with Crippen LogP contribution in [0.3, 0.4) is 0 Å². The molecule has 0 aromatic carbocycles. The predicted molar refractivity (Wildman–Crippen MR) is 81.7 cm³/mol. The fraction of sp³-hybridized carbons (Fsp3) is 0.333. The van der Waals surface area contributed by atoms with Crippen LogP contribution in [0.2, 0.25) is 0 Å². The molecule has 0 aliphatic carbocycles. The van der Waals surface area contributed by atoms with Crippen molar-refractivity contribution in [1.29, 1.82) is 0 Å². The van der Waals surface area contributed by atoms with Gasteiger partial charge in [0.25, 0.3) is 0 Å². The minimum Gasteiger partial charge on any atom is -0.508 e. The standard InChI is InChI=1S/C15H15F3N2OS/c1-10-7-12(21)3-2-4-14(20-10)22-9-11-8-19-6-5-13(11)15(16,17)18/h3,5-8,21H,2,4,9H2,1H3/b10-7-,12-3+,20-14+. The Morgan fingerprint density at radius 3 is 2.86 bits per heavy atom. The normalized spacial score (nSPS) is 23.4. The van der Waals surface area contributed by atoms with E-state index in [2.05, 4.69) is 9.98 Å². The first kappa shape index (κ1) is 16.6. The van der Waals surface area contributed by atoms with E-state index < -0.39 is 11.7 Å². The Morgan fingerprint density at radius 1 is 1.36 bits per heavy atom. The highest BCUT2D eigenvalue weighted by molar-refractivity contribution is 8.13. The van der Waals surface area contributed by atoms with Gasteiger partial charge in [-0.05, 0) is 37.5 Å². The molecule has 0 unspecified atom stereocenters. The van der Waals surface area contributed by atoms with Gasteiger partial charge in [-0.3, -0.25) is 9.98 Å². The van der Waals surface area contributed by atoms with Crippen molar-refractivity contribution in [2.45, 2.75) is 31.7 Å². The van der Waals surface area contributed by atoms with Gasteiger partial charge >= 0.3 is 6.18 Å². The third-order valence-corrected chi connectivity index (χ3v) is 4.06. The first-order valence-corrected chi connectivity index (χ1v) is 7.62. The molecular formula is C15H15F3N2OS. The van der Waals surface area contributed by atoms with Crippen LogP contribution in [0.1, 0.15) is 30.9 Å². The largest absolute Gasteiger partial charge is 0.508 e. The van der Waals surface area contributed by atoms with Gasteiger partial charge in [-0.15, -0.1) is 11.8 Å². The minimum atomic E-state index is -4.38. The highest BCUT2D eigenvalue weighted by Gasteiger charge is 2.33. The molecule has 0 atom stereocenters. The minimum absolute atomic E-state index is 0.143. The second-order valence-electron chi connectivity index (χ2n) is 4.78. The summed E-state index contributed by atoms with van der Waals surface area (Å²) in [5.74, 6) is 0.321. The summed E-state index contributed by atoms with van der Waals surface area (Å²) in [6.45, 7) is 1.74. The number of thioether (sulfide) groups is 1. The Labute approximate surface area is 130 Å². The number of alkyl halides is 3. The second kappa shape index (κ2) is 7.00. The van der Waals surface area contributed by atoms with Gasteiger partial charge in [0.05, 0.1) is 10.6 Å². The van der Waals surface area contributed by atoms with E-state index in [1.165, 1.54) is 24.0 Å². The van der Waals surface area contributed by atoms with Crippen molar-refractivity contribution >= 4 is 16.8 Å². The molecule has 1 aliphatic rings. The van der Waals surface area contributed by atoms with E-state index in [0.717, 1.165) is 17.3 Å². The maximum atomic E-state index is 12.9. The summed E-state index contributed by atoms with van der Waals surface area (Å²) in [6, 6.07) is 0.988. The molecule has 3 nitrogen and oxygen atoms in total. The maximum absolute atomic E-state index is 12.9. The third-order valence-electron chi connectivity index (χ3n) is 2.97. The summed E-state index contributed by atoms with van der Waals surface area (Å²) in [7, 11) is 0. The Bertz CT molecular complexity index is 636. The lowest BCUT2D eigenvalue weighted by Gasteiger charge is -2.13. The van der Waals surface area contributed by atoms with Gasteiger partial charge in [-0.25, -0.2) is 0 Å². The molecule has 0 spiro atoms. The van der Waals surface area contributed by atoms with E-state index in [1.807, 2.05) is 0 Å². The average Bonchev–Trinajstić information content (AvgIpc) is 2.42. The molecule has 22 heavy (non-hydrogen) atoms. The van der Waals surface area contributed by atoms with E-state index in [9.17, 15) is 18.3 Å². The molecule has 1 aliphatic heterocycles. The lowest BCUT2D eigenvalue weighted by atomic mass is 10.1. The van der Waals surface area contributed by atoms with Gasteiger partial charge in [0.2, 0.25) is 0 Å². The lowest BCUT2D eigenvalue weighted by molar-refractivity contribution is -0.138. The SMILES string of the molecule is CC1=C/C(O)=C\CC/C(SCc2cnccc2C(F)(F)F)=N\1. The molecule has 0 saturated heterocycles. The molecule has 1 aromatic heterocycles. The Kier molecular flexibility index (Phi) is 5.28. The van der Waals surface area contributed by atoms with Crippen LogP contribution in [-0.4, -0.2) is 15.1 Å². The Hall–Kier alpha value is -1.76. The van der Waals surface area contributed by atoms with Gasteiger partial charge in [-0.1, -0.05) is 0 Å². The maximum Gasteiger partial charge on any atom is 0.416 e. The zero-order valence-corrected chi connectivity index (χ0v) is 12.7. The van der Waals surface area contributed by atoms with Crippen molar-refractivity contribution in [1.82, 2.24) is 4.98 Å². The number of aliphatic hydroxyl groups excluding tert-OH is 1. The topological polar surface area (TPSA) is 45.5 Å². The number of aliphatic imine (C=N–C) groups is 1. The van der Waals surface area contributed by atoms with Crippen molar-refractivity contribution in [2.75, 3.05) is 0 Å². The van der Waals surface area contributed by atoms with E-state index in [1.54, 1.807) is 13.0 Å². The Balaban J connectivity index is 2.13. The van der Waals surface area contributed by atoms with Crippen LogP contribution in [0.25, 0.3) is 0 Å². The van der Waals surface area contributed by atoms with Crippen LogP contribution in [0.5, 0.6) is 0 Å². The molecule has 7 heteroatoms. The number of nitrogens with zero attached hydrogens (tertiary/aromatic N) is 2. The summed E-state index contributed by atoms with van der Waals surface area (Å²) in [5.41, 5.74) is 0.106. The van der Waals surface area contributed by atoms with Crippen molar-refractivity contribution in [2.24, 2.45) is 4.99 Å². The van der Waals surface area contributed by atoms with Crippen molar-refractivity contribution in [3.05, 3.63) is 53.2 Å². The zero-order valence-electron chi connectivity index (χ0n) is 11.9. The molecular weight excluding hydrogens is 313 g/mol. The number of halogens is 3. The smallest absolute Gasteiger partial charge is 0.416 e. The first-order valence-electron chi connectivity index (χ1n) is 6.64. The lowest BCUT2D eigenvalue weighted by Crippen LogP contribution is -2.09. The first-order chi connectivity index (χ1) is 10.4. The van der Waals surface area contributed by atoms with Crippen LogP contribution < -0.4 is 0 Å². The molecule has 2 rings (SSSR count). The highest BCUT2D eigenvalue weighted by atomic mass is 32.2. The molecule has 0 fully saturated rings. The van der Waals surface area contributed by atoms with Crippen LogP contribution >= 0.6 is 11.8 Å². The summed E-state index contributed by atoms with van der Waals surface area (Å²) in [5, 5.41) is 10.2. The number of rotatable bonds is 2. The predicted octanol–water partition coefficient (Wildman–Crippen LogP) is 4.87. The van der Waals surface area contributed by atoms with Crippen LogP contribution in [-0.2, 0) is 11.9 Å². The zero-order chi connectivity index (χ0) is 16.2. The van der Waals surface area contributed by atoms with E-state index in [4.69, 9.17) is 0 Å². The fourth-order valence-corrected chi connectivity index (χ4v) is 3.01. The van der Waals surface area contributed by atoms with Crippen LogP contribution in [0.4, 0.5) is 13.2 Å². The van der Waals surface area contributed by atoms with Crippen LogP contribution in [0, 0.1) is 0 Å². The number of allylic oxidation sites excluding steroid dienone is 3. The number of aliphatic hydroxyl groups is 1. The second-order valence-corrected chi connectivity index (χ2v) is 5.83. The van der Waals surface area contributed by atoms with Gasteiger partial charge in [0.15, 0.2) is 0 Å². The molecule has 1 aromatic rings. The quantitative estimate of drug-likeness (QED) is 0.842. The molecule has 118 valence electrons. The van der Waals surface area contributed by atoms with Crippen LogP contribution in [0.15, 0.2) is 47.1 Å². The molecule has 0 amide bonds. The van der Waals surface area contributed by atoms with Gasteiger partial charge in [0, 0.05) is 29.9 Å². The van der Waals surface area contributed by atoms with Crippen molar-refractivity contribution in [3.8, 4) is 0 Å². The van der Waals surface area contributed by atoms with Crippen molar-refractivity contribution in [3.63, 3.8) is 0 Å². The van der Waals surface area contributed by atoms with E-state index in [-0.39, 0.29) is 17.1 Å². The number of pyridine rings is 1. The number of aromatic nitrogens is 1. The van der Waals surface area contributed by atoms with E-state index >= 15 is 0 Å². The number of hydrogen-bond acceptors (Lipinski definition) is 4. The molecule has 0 radical (unpaired) electrons. The summed E-state index contributed by atoms with van der Waals surface area (Å²) in [4.78, 5) is 8.11. The average molecular weight is 328 g/mol. The van der Waals surface area contributed by atoms with Gasteiger partial charge in [-0.2, -0.15) is 13.2 Å².